The summed E-state index contributed by atoms with van der Waals surface area (Å²) in [4.78, 5) is 23.4. The number of nitrogens with one attached hydrogen (secondary N) is 1. The van der Waals surface area contributed by atoms with Crippen molar-refractivity contribution in [1.82, 2.24) is 13.9 Å². The van der Waals surface area contributed by atoms with Crippen LogP contribution < -0.4 is 16.5 Å². The van der Waals surface area contributed by atoms with Gasteiger partial charge in [0.1, 0.15) is 12.5 Å². The van der Waals surface area contributed by atoms with Crippen LogP contribution in [0, 0.1) is 0 Å². The molecule has 1 saturated heterocycles. The minimum Gasteiger partial charge on any atom is -0.377 e. The molecular formula is C12H18N4O6S2. The van der Waals surface area contributed by atoms with E-state index in [4.69, 9.17) is 0 Å². The van der Waals surface area contributed by atoms with Gasteiger partial charge >= 0.3 is 11.1 Å². The summed E-state index contributed by atoms with van der Waals surface area (Å²) in [5.41, 5.74) is 1.53. The second-order valence-corrected chi connectivity index (χ2v) is 9.16. The largest absolute Gasteiger partial charge is 0.377 e. The average molecular weight is 378 g/mol. The van der Waals surface area contributed by atoms with Gasteiger partial charge in [0.05, 0.1) is 24.4 Å². The predicted octanol–water partition coefficient (Wildman–Crippen LogP) is -2.81. The topological polar surface area (TPSA) is 132 Å². The number of aromatic nitrogens is 1. The Morgan fingerprint density at radius 1 is 1.25 bits per heavy atom. The van der Waals surface area contributed by atoms with E-state index in [-0.39, 0.29) is 18.3 Å². The number of β-amino-alcohol motifs (C(OH)–C–C–N with tert-alkyl or cyclic N) is 2. The maximum atomic E-state index is 11.5. The van der Waals surface area contributed by atoms with E-state index in [1.807, 2.05) is 6.08 Å². The van der Waals surface area contributed by atoms with Gasteiger partial charge in [-0.25, -0.2) is 13.3 Å². The van der Waals surface area contributed by atoms with Crippen LogP contribution >= 0.6 is 11.8 Å². The molecule has 0 aromatic carbocycles. The fraction of sp³-hybridized carbons (Fsp3) is 0.667. The number of hydrogen-bond donors (Lipinski definition) is 3. The van der Waals surface area contributed by atoms with E-state index < -0.39 is 33.6 Å². The Hall–Kier alpha value is -1.18. The molecule has 3 unspecified atom stereocenters. The molecule has 0 aliphatic carbocycles. The number of thioether (sulfide) groups is 1. The average Bonchev–Trinajstić information content (AvgIpc) is 2.88. The molecule has 0 amide bonds. The van der Waals surface area contributed by atoms with E-state index in [0.29, 0.717) is 18.0 Å². The number of aliphatic hydroxyl groups excluding tert-OH is 2. The highest BCUT2D eigenvalue weighted by Crippen LogP contribution is 2.32. The van der Waals surface area contributed by atoms with E-state index in [1.54, 1.807) is 0 Å². The number of hydrogen-bond acceptors (Lipinski definition) is 9. The van der Waals surface area contributed by atoms with Crippen molar-refractivity contribution in [3.05, 3.63) is 31.8 Å². The van der Waals surface area contributed by atoms with E-state index in [0.717, 1.165) is 15.2 Å². The highest BCUT2D eigenvalue weighted by Gasteiger charge is 2.37. The van der Waals surface area contributed by atoms with Gasteiger partial charge in [-0.1, -0.05) is 6.08 Å². The summed E-state index contributed by atoms with van der Waals surface area (Å²) in [5.74, 6) is 0. The molecule has 1 aromatic heterocycles. The van der Waals surface area contributed by atoms with E-state index >= 15 is 0 Å². The van der Waals surface area contributed by atoms with Crippen LogP contribution in [0.5, 0.6) is 0 Å². The first kappa shape index (κ1) is 17.6. The van der Waals surface area contributed by atoms with E-state index in [1.165, 1.54) is 16.7 Å². The molecule has 3 N–H and O–H groups in total. The number of aliphatic hydroxyl groups is 2. The summed E-state index contributed by atoms with van der Waals surface area (Å²) in [5, 5.41) is 21.0. The second-order valence-electron chi connectivity index (χ2n) is 5.84. The summed E-state index contributed by atoms with van der Waals surface area (Å²) in [6.07, 6.45) is 1.30. The van der Waals surface area contributed by atoms with Crippen LogP contribution in [0.2, 0.25) is 0 Å². The molecule has 1 aromatic rings. The van der Waals surface area contributed by atoms with Crippen LogP contribution in [-0.4, -0.2) is 76.1 Å². The Balaban J connectivity index is 1.55. The molecule has 0 radical (unpaired) electrons. The number of nitrogens with zero attached hydrogens (tertiary/aromatic N) is 3. The molecule has 0 spiro atoms. The van der Waals surface area contributed by atoms with Crippen molar-refractivity contribution in [3.63, 3.8) is 0 Å². The van der Waals surface area contributed by atoms with Gasteiger partial charge in [0.15, 0.2) is 0 Å². The van der Waals surface area contributed by atoms with Gasteiger partial charge in [0.2, 0.25) is 10.0 Å². The zero-order valence-electron chi connectivity index (χ0n) is 12.8. The summed E-state index contributed by atoms with van der Waals surface area (Å²) in [6.45, 7) is 0.152. The second kappa shape index (κ2) is 6.28. The number of sulfonamides is 1. The Kier molecular flexibility index (Phi) is 4.61. The van der Waals surface area contributed by atoms with Gasteiger partial charge in [-0.05, 0) is 6.42 Å². The van der Waals surface area contributed by atoms with Crippen molar-refractivity contribution in [3.8, 4) is 0 Å². The van der Waals surface area contributed by atoms with Crippen molar-refractivity contribution >= 4 is 21.8 Å². The third-order valence-corrected chi connectivity index (χ3v) is 6.43. The van der Waals surface area contributed by atoms with Crippen LogP contribution in [0.25, 0.3) is 0 Å². The summed E-state index contributed by atoms with van der Waals surface area (Å²) in [6, 6.07) is 0. The van der Waals surface area contributed by atoms with Gasteiger partial charge in [-0.2, -0.15) is 8.98 Å². The summed E-state index contributed by atoms with van der Waals surface area (Å²) < 4.78 is 25.0. The molecule has 2 aliphatic heterocycles. The lowest BCUT2D eigenvalue weighted by Crippen LogP contribution is -2.60. The molecule has 0 saturated carbocycles. The minimum atomic E-state index is -3.48. The lowest BCUT2D eigenvalue weighted by atomic mass is 10.2. The zero-order valence-corrected chi connectivity index (χ0v) is 14.5. The Labute approximate surface area is 142 Å². The number of piperazine rings is 1. The molecule has 3 atom stereocenters. The van der Waals surface area contributed by atoms with Crippen molar-refractivity contribution < 1.29 is 18.6 Å². The Morgan fingerprint density at radius 2 is 1.83 bits per heavy atom. The molecule has 2 aliphatic rings. The number of rotatable bonds is 5. The normalized spacial score (nSPS) is 30.0. The molecule has 3 rings (SSSR count). The Morgan fingerprint density at radius 3 is 2.33 bits per heavy atom. The molecule has 1 fully saturated rings. The fourth-order valence-electron chi connectivity index (χ4n) is 2.64. The minimum absolute atomic E-state index is 0.00624. The first-order valence-electron chi connectivity index (χ1n) is 7.25. The molecule has 24 heavy (non-hydrogen) atoms. The predicted molar refractivity (Wildman–Crippen MR) is 87.9 cm³/mol. The van der Waals surface area contributed by atoms with Crippen molar-refractivity contribution in [2.75, 3.05) is 31.3 Å². The maximum Gasteiger partial charge on any atom is 0.340 e. The van der Waals surface area contributed by atoms with Crippen LogP contribution in [0.15, 0.2) is 20.7 Å². The SMILES string of the molecule is CS(=O)(=O)N1CC(O)N(CC2CC=C(Nn3c(=O)c3=O)S2)C(O)C1. The van der Waals surface area contributed by atoms with Crippen LogP contribution in [0.1, 0.15) is 6.42 Å². The smallest absolute Gasteiger partial charge is 0.340 e. The Bertz CT molecular complexity index is 789. The van der Waals surface area contributed by atoms with Crippen LogP contribution in [0.4, 0.5) is 0 Å². The molecular weight excluding hydrogens is 360 g/mol. The maximum absolute atomic E-state index is 11.5. The third kappa shape index (κ3) is 3.58. The summed E-state index contributed by atoms with van der Waals surface area (Å²) >= 11 is 1.40. The first-order valence-corrected chi connectivity index (χ1v) is 9.98. The third-order valence-electron chi connectivity index (χ3n) is 4.00. The van der Waals surface area contributed by atoms with Crippen LogP contribution in [-0.2, 0) is 10.0 Å². The lowest BCUT2D eigenvalue weighted by molar-refractivity contribution is -0.138. The molecule has 10 nitrogen and oxygen atoms in total. The van der Waals surface area contributed by atoms with Crippen LogP contribution in [0.3, 0.4) is 0 Å². The van der Waals surface area contributed by atoms with E-state index in [2.05, 4.69) is 5.43 Å². The van der Waals surface area contributed by atoms with Crippen molar-refractivity contribution in [2.24, 2.45) is 0 Å². The molecule has 0 bridgehead atoms. The van der Waals surface area contributed by atoms with Gasteiger partial charge in [-0.15, -0.1) is 11.8 Å². The van der Waals surface area contributed by atoms with Gasteiger partial charge in [-0.3, -0.25) is 15.0 Å². The molecule has 134 valence electrons. The zero-order chi connectivity index (χ0) is 17.6. The fourth-order valence-corrected chi connectivity index (χ4v) is 4.58. The van der Waals surface area contributed by atoms with E-state index in [9.17, 15) is 28.2 Å². The molecule has 12 heteroatoms. The first-order chi connectivity index (χ1) is 11.2. The highest BCUT2D eigenvalue weighted by molar-refractivity contribution is 8.04. The van der Waals surface area contributed by atoms with Gasteiger partial charge in [0, 0.05) is 11.8 Å². The highest BCUT2D eigenvalue weighted by atomic mass is 32.2. The van der Waals surface area contributed by atoms with Gasteiger partial charge < -0.3 is 10.2 Å². The summed E-state index contributed by atoms with van der Waals surface area (Å²) in [7, 11) is -3.48. The van der Waals surface area contributed by atoms with Crippen molar-refractivity contribution in [2.45, 2.75) is 24.1 Å². The quantitative estimate of drug-likeness (QED) is 0.464. The standard InChI is InChI=1S/C12H18N4O6S2/c1-24(21,22)14-5-9(17)15(10(18)6-14)4-7-2-3-8(23-7)13-16-11(19)12(16)20/h3,7,9-10,13,17-18H,2,4-6H2,1H3. The van der Waals surface area contributed by atoms with Crippen molar-refractivity contribution in [1.29, 1.82) is 0 Å². The lowest BCUT2D eigenvalue weighted by Gasteiger charge is -2.41. The number of allylic oxidation sites excluding steroid dienone is 1. The molecule has 3 heterocycles. The van der Waals surface area contributed by atoms with Gasteiger partial charge in [0.25, 0.3) is 0 Å². The monoisotopic (exact) mass is 378 g/mol.